The monoisotopic (exact) mass is 324 g/mol. The van der Waals surface area contributed by atoms with Crippen LogP contribution in [0.15, 0.2) is 63.2 Å². The standard InChI is InChI=1S/C16H12N4O2S/c1-22-10-6-8-11(9-7-10)23-15-14-18-19-16(21)20(14)13-5-3-2-4-12(13)17-15/h2-9H,1H3,(H,19,21). The lowest BCUT2D eigenvalue weighted by molar-refractivity contribution is 0.414. The van der Waals surface area contributed by atoms with Gasteiger partial charge in [-0.15, -0.1) is 5.10 Å². The van der Waals surface area contributed by atoms with E-state index in [1.54, 1.807) is 11.5 Å². The number of ether oxygens (including phenoxy) is 1. The van der Waals surface area contributed by atoms with Crippen LogP contribution in [0.1, 0.15) is 0 Å². The number of aromatic nitrogens is 4. The first-order valence-electron chi connectivity index (χ1n) is 6.94. The van der Waals surface area contributed by atoms with Gasteiger partial charge in [0.1, 0.15) is 10.8 Å². The number of nitrogens with zero attached hydrogens (tertiary/aromatic N) is 3. The number of fused-ring (bicyclic) bond motifs is 3. The molecular formula is C16H12N4O2S. The van der Waals surface area contributed by atoms with E-state index in [4.69, 9.17) is 4.74 Å². The third kappa shape index (κ3) is 2.35. The summed E-state index contributed by atoms with van der Waals surface area (Å²) in [7, 11) is 1.63. The van der Waals surface area contributed by atoms with Gasteiger partial charge in [-0.3, -0.25) is 0 Å². The second-order valence-corrected chi connectivity index (χ2v) is 5.93. The van der Waals surface area contributed by atoms with Crippen molar-refractivity contribution in [3.05, 3.63) is 59.0 Å². The minimum atomic E-state index is -0.268. The summed E-state index contributed by atoms with van der Waals surface area (Å²) in [5.74, 6) is 0.793. The van der Waals surface area contributed by atoms with Gasteiger partial charge in [0.2, 0.25) is 0 Å². The molecule has 0 spiro atoms. The SMILES string of the molecule is COc1ccc(Sc2nc3ccccc3n3c(=O)[nH]nc23)cc1. The van der Waals surface area contributed by atoms with Crippen molar-refractivity contribution < 1.29 is 4.74 Å². The van der Waals surface area contributed by atoms with E-state index in [9.17, 15) is 4.79 Å². The Bertz CT molecular complexity index is 1050. The molecule has 7 heteroatoms. The molecule has 0 saturated heterocycles. The Morgan fingerprint density at radius 1 is 1.13 bits per heavy atom. The average Bonchev–Trinajstić information content (AvgIpc) is 2.98. The highest BCUT2D eigenvalue weighted by molar-refractivity contribution is 7.99. The number of benzene rings is 2. The number of nitrogens with one attached hydrogen (secondary N) is 1. The van der Waals surface area contributed by atoms with Crippen LogP contribution >= 0.6 is 11.8 Å². The van der Waals surface area contributed by atoms with Crippen molar-refractivity contribution in [1.29, 1.82) is 0 Å². The summed E-state index contributed by atoms with van der Waals surface area (Å²) in [6.45, 7) is 0. The molecule has 0 aliphatic carbocycles. The van der Waals surface area contributed by atoms with Crippen molar-refractivity contribution in [3.8, 4) is 5.75 Å². The molecule has 0 fully saturated rings. The van der Waals surface area contributed by atoms with Crippen LogP contribution in [0.5, 0.6) is 5.75 Å². The van der Waals surface area contributed by atoms with Crippen LogP contribution in [0.2, 0.25) is 0 Å². The molecule has 2 aromatic heterocycles. The van der Waals surface area contributed by atoms with E-state index in [-0.39, 0.29) is 5.69 Å². The van der Waals surface area contributed by atoms with E-state index in [0.29, 0.717) is 10.7 Å². The molecule has 4 aromatic rings. The lowest BCUT2D eigenvalue weighted by atomic mass is 10.3. The Morgan fingerprint density at radius 2 is 1.91 bits per heavy atom. The Balaban J connectivity index is 1.89. The van der Waals surface area contributed by atoms with Gasteiger partial charge < -0.3 is 4.74 Å². The molecule has 0 radical (unpaired) electrons. The predicted octanol–water partition coefficient (Wildman–Crippen LogP) is 2.73. The molecule has 114 valence electrons. The summed E-state index contributed by atoms with van der Waals surface area (Å²) >= 11 is 1.46. The Labute approximate surface area is 135 Å². The predicted molar refractivity (Wildman–Crippen MR) is 88.2 cm³/mol. The van der Waals surface area contributed by atoms with Gasteiger partial charge in [-0.25, -0.2) is 19.3 Å². The molecule has 0 saturated carbocycles. The Morgan fingerprint density at radius 3 is 2.70 bits per heavy atom. The molecule has 0 bridgehead atoms. The van der Waals surface area contributed by atoms with E-state index in [2.05, 4.69) is 15.2 Å². The lowest BCUT2D eigenvalue weighted by Gasteiger charge is -2.06. The minimum absolute atomic E-state index is 0.268. The van der Waals surface area contributed by atoms with E-state index < -0.39 is 0 Å². The first-order valence-corrected chi connectivity index (χ1v) is 7.76. The highest BCUT2D eigenvalue weighted by Gasteiger charge is 2.13. The molecule has 23 heavy (non-hydrogen) atoms. The maximum atomic E-state index is 12.1. The van der Waals surface area contributed by atoms with Crippen LogP contribution in [0.3, 0.4) is 0 Å². The second-order valence-electron chi connectivity index (χ2n) is 4.87. The van der Waals surface area contributed by atoms with Crippen LogP contribution in [0, 0.1) is 0 Å². The zero-order chi connectivity index (χ0) is 15.8. The van der Waals surface area contributed by atoms with Gasteiger partial charge in [0, 0.05) is 4.90 Å². The minimum Gasteiger partial charge on any atom is -0.497 e. The maximum absolute atomic E-state index is 12.1. The van der Waals surface area contributed by atoms with Gasteiger partial charge in [0.05, 0.1) is 18.1 Å². The van der Waals surface area contributed by atoms with E-state index in [0.717, 1.165) is 21.7 Å². The van der Waals surface area contributed by atoms with Gasteiger partial charge in [0.25, 0.3) is 0 Å². The first kappa shape index (κ1) is 13.8. The molecule has 2 aromatic carbocycles. The molecule has 2 heterocycles. The molecule has 1 N–H and O–H groups in total. The quantitative estimate of drug-likeness (QED) is 0.627. The topological polar surface area (TPSA) is 72.3 Å². The Hall–Kier alpha value is -2.80. The molecule has 0 aliphatic heterocycles. The van der Waals surface area contributed by atoms with Crippen molar-refractivity contribution in [2.75, 3.05) is 7.11 Å². The number of rotatable bonds is 3. The number of hydrogen-bond acceptors (Lipinski definition) is 5. The van der Waals surface area contributed by atoms with Gasteiger partial charge in [-0.05, 0) is 36.4 Å². The largest absolute Gasteiger partial charge is 0.497 e. The van der Waals surface area contributed by atoms with Gasteiger partial charge >= 0.3 is 5.69 Å². The van der Waals surface area contributed by atoms with Crippen LogP contribution in [-0.2, 0) is 0 Å². The van der Waals surface area contributed by atoms with Crippen LogP contribution in [0.4, 0.5) is 0 Å². The van der Waals surface area contributed by atoms with Crippen molar-refractivity contribution in [2.45, 2.75) is 9.92 Å². The normalized spacial score (nSPS) is 11.2. The molecule has 0 unspecified atom stereocenters. The summed E-state index contributed by atoms with van der Waals surface area (Å²) in [6, 6.07) is 15.2. The smallest absolute Gasteiger partial charge is 0.348 e. The maximum Gasteiger partial charge on any atom is 0.348 e. The van der Waals surface area contributed by atoms with Gasteiger partial charge in [0.15, 0.2) is 5.65 Å². The van der Waals surface area contributed by atoms with Crippen LogP contribution < -0.4 is 10.4 Å². The third-order valence-corrected chi connectivity index (χ3v) is 4.46. The van der Waals surface area contributed by atoms with Crippen molar-refractivity contribution >= 4 is 28.4 Å². The Kier molecular flexibility index (Phi) is 3.27. The average molecular weight is 324 g/mol. The number of hydrogen-bond donors (Lipinski definition) is 1. The summed E-state index contributed by atoms with van der Waals surface area (Å²) in [5.41, 5.74) is 1.74. The number of para-hydroxylation sites is 2. The van der Waals surface area contributed by atoms with Gasteiger partial charge in [-0.1, -0.05) is 23.9 Å². The summed E-state index contributed by atoms with van der Waals surface area (Å²) in [5, 5.41) is 7.29. The van der Waals surface area contributed by atoms with E-state index >= 15 is 0 Å². The van der Waals surface area contributed by atoms with Crippen LogP contribution in [-0.4, -0.2) is 26.7 Å². The molecule has 6 nitrogen and oxygen atoms in total. The van der Waals surface area contributed by atoms with Crippen molar-refractivity contribution in [1.82, 2.24) is 19.6 Å². The molecule has 0 amide bonds. The number of methoxy groups -OCH3 is 1. The molecular weight excluding hydrogens is 312 g/mol. The fourth-order valence-electron chi connectivity index (χ4n) is 2.39. The highest BCUT2D eigenvalue weighted by Crippen LogP contribution is 2.31. The number of H-pyrrole nitrogens is 1. The summed E-state index contributed by atoms with van der Waals surface area (Å²) < 4.78 is 6.71. The fourth-order valence-corrected chi connectivity index (χ4v) is 3.26. The van der Waals surface area contributed by atoms with Gasteiger partial charge in [-0.2, -0.15) is 0 Å². The zero-order valence-corrected chi connectivity index (χ0v) is 13.0. The third-order valence-electron chi connectivity index (χ3n) is 3.48. The van der Waals surface area contributed by atoms with E-state index in [1.807, 2.05) is 48.5 Å². The first-order chi connectivity index (χ1) is 11.3. The van der Waals surface area contributed by atoms with Crippen molar-refractivity contribution in [2.24, 2.45) is 0 Å². The summed E-state index contributed by atoms with van der Waals surface area (Å²) in [4.78, 5) is 17.7. The molecule has 4 rings (SSSR count). The zero-order valence-electron chi connectivity index (χ0n) is 12.2. The van der Waals surface area contributed by atoms with Crippen molar-refractivity contribution in [3.63, 3.8) is 0 Å². The lowest BCUT2D eigenvalue weighted by Crippen LogP contribution is -2.10. The van der Waals surface area contributed by atoms with Crippen LogP contribution in [0.25, 0.3) is 16.7 Å². The fraction of sp³-hybridized carbons (Fsp3) is 0.0625. The summed E-state index contributed by atoms with van der Waals surface area (Å²) in [6.07, 6.45) is 0. The highest BCUT2D eigenvalue weighted by atomic mass is 32.2. The number of aromatic amines is 1. The molecule has 0 aliphatic rings. The van der Waals surface area contributed by atoms with E-state index in [1.165, 1.54) is 11.8 Å². The molecule has 0 atom stereocenters. The second kappa shape index (κ2) is 5.44.